The molecule has 23 heavy (non-hydrogen) atoms. The third-order valence-corrected chi connectivity index (χ3v) is 6.79. The van der Waals surface area contributed by atoms with Gasteiger partial charge in [0.1, 0.15) is 5.82 Å². The van der Waals surface area contributed by atoms with Crippen LogP contribution in [0.1, 0.15) is 21.7 Å². The Morgan fingerprint density at radius 2 is 2.26 bits per heavy atom. The van der Waals surface area contributed by atoms with Gasteiger partial charge in [-0.3, -0.25) is 4.79 Å². The van der Waals surface area contributed by atoms with Gasteiger partial charge in [0.2, 0.25) is 0 Å². The van der Waals surface area contributed by atoms with Gasteiger partial charge < -0.3 is 10.1 Å². The molecule has 3 rings (SSSR count). The van der Waals surface area contributed by atoms with Gasteiger partial charge in [-0.1, -0.05) is 6.07 Å². The number of methoxy groups -OCH3 is 1. The lowest BCUT2D eigenvalue weighted by molar-refractivity contribution is 0.0941. The van der Waals surface area contributed by atoms with E-state index in [4.69, 9.17) is 4.74 Å². The summed E-state index contributed by atoms with van der Waals surface area (Å²) in [6.07, 6.45) is 0.410. The predicted octanol–water partition coefficient (Wildman–Crippen LogP) is 2.10. The molecule has 1 aromatic carbocycles. The zero-order chi connectivity index (χ0) is 16.6. The topological polar surface area (TPSA) is 72.5 Å². The van der Waals surface area contributed by atoms with Gasteiger partial charge in [-0.25, -0.2) is 12.8 Å². The summed E-state index contributed by atoms with van der Waals surface area (Å²) >= 11 is 1.19. The average Bonchev–Trinajstić information content (AvgIpc) is 3.01. The second kappa shape index (κ2) is 6.18. The zero-order valence-electron chi connectivity index (χ0n) is 12.5. The minimum absolute atomic E-state index is 0.0440. The first-order valence-electron chi connectivity index (χ1n) is 7.11. The third kappa shape index (κ3) is 3.24. The van der Waals surface area contributed by atoms with E-state index in [1.165, 1.54) is 24.5 Å². The van der Waals surface area contributed by atoms with Gasteiger partial charge in [0.05, 0.1) is 23.0 Å². The summed E-state index contributed by atoms with van der Waals surface area (Å²) in [5, 5.41) is 3.14. The van der Waals surface area contributed by atoms with Crippen molar-refractivity contribution < 1.29 is 22.3 Å². The van der Waals surface area contributed by atoms with E-state index in [1.807, 2.05) is 0 Å². The molecule has 0 saturated carbocycles. The van der Waals surface area contributed by atoms with Crippen LogP contribution in [0.15, 0.2) is 18.2 Å². The lowest BCUT2D eigenvalue weighted by Crippen LogP contribution is -2.35. The number of rotatable bonds is 4. The molecule has 1 saturated heterocycles. The van der Waals surface area contributed by atoms with E-state index in [1.54, 1.807) is 12.1 Å². The molecule has 2 heterocycles. The van der Waals surface area contributed by atoms with Gasteiger partial charge in [-0.2, -0.15) is 0 Å². The Morgan fingerprint density at radius 3 is 2.91 bits per heavy atom. The van der Waals surface area contributed by atoms with E-state index in [0.29, 0.717) is 26.9 Å². The highest BCUT2D eigenvalue weighted by molar-refractivity contribution is 7.91. The predicted molar refractivity (Wildman–Crippen MR) is 87.0 cm³/mol. The van der Waals surface area contributed by atoms with E-state index < -0.39 is 21.7 Å². The minimum Gasteiger partial charge on any atom is -0.380 e. The minimum atomic E-state index is -3.07. The Kier molecular flexibility index (Phi) is 4.39. The molecule has 5 nitrogen and oxygen atoms in total. The van der Waals surface area contributed by atoms with Gasteiger partial charge in [0, 0.05) is 28.8 Å². The van der Waals surface area contributed by atoms with Crippen molar-refractivity contribution in [3.63, 3.8) is 0 Å². The molecule has 1 aromatic heterocycles. The number of thiophene rings is 1. The van der Waals surface area contributed by atoms with Crippen LogP contribution in [0, 0.1) is 5.82 Å². The van der Waals surface area contributed by atoms with E-state index in [-0.39, 0.29) is 24.0 Å². The van der Waals surface area contributed by atoms with Crippen molar-refractivity contribution in [1.29, 1.82) is 0 Å². The first-order chi connectivity index (χ1) is 10.9. The Hall–Kier alpha value is -1.51. The van der Waals surface area contributed by atoms with Gasteiger partial charge in [0.15, 0.2) is 9.84 Å². The van der Waals surface area contributed by atoms with Crippen molar-refractivity contribution in [2.24, 2.45) is 0 Å². The molecule has 1 atom stereocenters. The monoisotopic (exact) mass is 357 g/mol. The largest absolute Gasteiger partial charge is 0.380 e. The van der Waals surface area contributed by atoms with E-state index in [9.17, 15) is 17.6 Å². The lowest BCUT2D eigenvalue weighted by atomic mass is 10.1. The highest BCUT2D eigenvalue weighted by atomic mass is 32.2. The van der Waals surface area contributed by atoms with Crippen molar-refractivity contribution in [3.05, 3.63) is 34.5 Å². The lowest BCUT2D eigenvalue weighted by Gasteiger charge is -2.11. The molecule has 1 amide bonds. The molecule has 0 unspecified atom stereocenters. The molecule has 0 aliphatic carbocycles. The van der Waals surface area contributed by atoms with Gasteiger partial charge >= 0.3 is 0 Å². The number of hydrogen-bond donors (Lipinski definition) is 1. The quantitative estimate of drug-likeness (QED) is 0.910. The number of benzene rings is 1. The first kappa shape index (κ1) is 16.4. The summed E-state index contributed by atoms with van der Waals surface area (Å²) < 4.78 is 42.9. The Balaban J connectivity index is 1.94. The number of carbonyl (C=O) groups is 1. The molecule has 1 N–H and O–H groups in total. The molecular weight excluding hydrogens is 341 g/mol. The molecule has 1 fully saturated rings. The SMILES string of the molecule is COCc1c(C(=O)N[C@@H]2CCS(=O)(=O)C2)sc2cccc(F)c12. The Morgan fingerprint density at radius 1 is 1.48 bits per heavy atom. The summed E-state index contributed by atoms with van der Waals surface area (Å²) in [7, 11) is -1.59. The maximum Gasteiger partial charge on any atom is 0.262 e. The number of halogens is 1. The summed E-state index contributed by atoms with van der Waals surface area (Å²) in [5.41, 5.74) is 0.504. The molecule has 2 aromatic rings. The van der Waals surface area contributed by atoms with E-state index in [0.717, 1.165) is 0 Å². The number of fused-ring (bicyclic) bond motifs is 1. The molecule has 0 radical (unpaired) electrons. The summed E-state index contributed by atoms with van der Waals surface area (Å²) in [5.74, 6) is -0.727. The normalized spacial score (nSPS) is 20.0. The van der Waals surface area contributed by atoms with Crippen molar-refractivity contribution in [1.82, 2.24) is 5.32 Å². The molecule has 1 aliphatic rings. The fourth-order valence-corrected chi connectivity index (χ4v) is 5.59. The number of nitrogens with one attached hydrogen (secondary N) is 1. The number of carbonyl (C=O) groups excluding carboxylic acids is 1. The van der Waals surface area contributed by atoms with Crippen molar-refractivity contribution >= 4 is 37.2 Å². The standard InChI is InChI=1S/C15H16FNO4S2/c1-21-7-10-13-11(16)3-2-4-12(13)22-14(10)15(18)17-9-5-6-23(19,20)8-9/h2-4,9H,5-8H2,1H3,(H,17,18)/t9-/m1/s1. The first-order valence-corrected chi connectivity index (χ1v) is 9.75. The summed E-state index contributed by atoms with van der Waals surface area (Å²) in [6, 6.07) is 4.30. The fraction of sp³-hybridized carbons (Fsp3) is 0.400. The van der Waals surface area contributed by atoms with Crippen LogP contribution in [0.5, 0.6) is 0 Å². The number of ether oxygens (including phenoxy) is 1. The van der Waals surface area contributed by atoms with Crippen molar-refractivity contribution in [2.45, 2.75) is 19.1 Å². The van der Waals surface area contributed by atoms with Crippen LogP contribution in [-0.2, 0) is 21.2 Å². The Labute approximate surface area is 137 Å². The van der Waals surface area contributed by atoms with Crippen LogP contribution in [0.2, 0.25) is 0 Å². The molecular formula is C15H16FNO4S2. The van der Waals surface area contributed by atoms with Crippen molar-refractivity contribution in [2.75, 3.05) is 18.6 Å². The van der Waals surface area contributed by atoms with E-state index in [2.05, 4.69) is 5.32 Å². The van der Waals surface area contributed by atoms with Crippen LogP contribution in [0.4, 0.5) is 4.39 Å². The van der Waals surface area contributed by atoms with Crippen LogP contribution >= 0.6 is 11.3 Å². The average molecular weight is 357 g/mol. The molecule has 0 bridgehead atoms. The zero-order valence-corrected chi connectivity index (χ0v) is 14.1. The molecule has 0 spiro atoms. The molecule has 1 aliphatic heterocycles. The molecule has 8 heteroatoms. The maximum atomic E-state index is 14.1. The number of amides is 1. The smallest absolute Gasteiger partial charge is 0.262 e. The van der Waals surface area contributed by atoms with Gasteiger partial charge in [0.25, 0.3) is 5.91 Å². The van der Waals surface area contributed by atoms with Crippen LogP contribution < -0.4 is 5.32 Å². The number of hydrogen-bond acceptors (Lipinski definition) is 5. The highest BCUT2D eigenvalue weighted by Crippen LogP contribution is 2.34. The molecule has 124 valence electrons. The van der Waals surface area contributed by atoms with Crippen molar-refractivity contribution in [3.8, 4) is 0 Å². The summed E-state index contributed by atoms with van der Waals surface area (Å²) in [4.78, 5) is 12.9. The maximum absolute atomic E-state index is 14.1. The third-order valence-electron chi connectivity index (χ3n) is 3.83. The van der Waals surface area contributed by atoms with Crippen LogP contribution in [-0.4, -0.2) is 39.0 Å². The van der Waals surface area contributed by atoms with Crippen LogP contribution in [0.25, 0.3) is 10.1 Å². The summed E-state index contributed by atoms with van der Waals surface area (Å²) in [6.45, 7) is 0.118. The second-order valence-corrected chi connectivity index (χ2v) is 8.81. The van der Waals surface area contributed by atoms with Gasteiger partial charge in [-0.05, 0) is 18.6 Å². The van der Waals surface area contributed by atoms with E-state index >= 15 is 0 Å². The highest BCUT2D eigenvalue weighted by Gasteiger charge is 2.30. The number of sulfone groups is 1. The second-order valence-electron chi connectivity index (χ2n) is 5.53. The Bertz CT molecular complexity index is 860. The fourth-order valence-electron chi connectivity index (χ4n) is 2.79. The van der Waals surface area contributed by atoms with Crippen LogP contribution in [0.3, 0.4) is 0 Å². The van der Waals surface area contributed by atoms with Gasteiger partial charge in [-0.15, -0.1) is 11.3 Å².